The van der Waals surface area contributed by atoms with Crippen LogP contribution in [0.5, 0.6) is 0 Å². The van der Waals surface area contributed by atoms with Crippen molar-refractivity contribution in [1.29, 1.82) is 0 Å². The lowest BCUT2D eigenvalue weighted by atomic mass is 9.87. The lowest BCUT2D eigenvalue weighted by molar-refractivity contribution is 0.604. The van der Waals surface area contributed by atoms with Gasteiger partial charge in [0.05, 0.1) is 0 Å². The van der Waals surface area contributed by atoms with Crippen LogP contribution < -0.4 is 0 Å². The molecular formula is C23H24. The zero-order valence-electron chi connectivity index (χ0n) is 13.9. The second-order valence-corrected chi connectivity index (χ2v) is 6.88. The van der Waals surface area contributed by atoms with Gasteiger partial charge in [-0.1, -0.05) is 79.6 Å². The molecule has 0 fully saturated rings. The summed E-state index contributed by atoms with van der Waals surface area (Å²) >= 11 is 0. The van der Waals surface area contributed by atoms with Gasteiger partial charge in [0.25, 0.3) is 0 Å². The van der Waals surface area contributed by atoms with Gasteiger partial charge in [-0.05, 0) is 59.4 Å². The molecule has 4 rings (SSSR count). The zero-order chi connectivity index (χ0) is 15.6. The van der Waals surface area contributed by atoms with Crippen LogP contribution in [0.25, 0.3) is 11.1 Å². The van der Waals surface area contributed by atoms with E-state index in [-0.39, 0.29) is 0 Å². The van der Waals surface area contributed by atoms with Crippen molar-refractivity contribution in [2.75, 3.05) is 0 Å². The first kappa shape index (κ1) is 14.5. The molecule has 116 valence electrons. The molecule has 0 spiro atoms. The summed E-state index contributed by atoms with van der Waals surface area (Å²) in [7, 11) is 0. The van der Waals surface area contributed by atoms with E-state index in [1.54, 1.807) is 11.1 Å². The molecule has 0 heteroatoms. The number of rotatable bonds is 3. The van der Waals surface area contributed by atoms with Crippen molar-refractivity contribution < 1.29 is 0 Å². The molecule has 0 radical (unpaired) electrons. The van der Waals surface area contributed by atoms with E-state index < -0.39 is 0 Å². The van der Waals surface area contributed by atoms with E-state index in [0.29, 0.717) is 5.92 Å². The molecule has 0 saturated carbocycles. The Bertz CT molecular complexity index is 776. The van der Waals surface area contributed by atoms with E-state index in [0.717, 1.165) is 6.42 Å². The van der Waals surface area contributed by atoms with Gasteiger partial charge >= 0.3 is 0 Å². The standard InChI is InChI=1S/C23H24/c1-2-7-17-12-13-23-21(14-17)16-20(18-8-3-4-9-18)15-19-10-5-6-11-22(19)23/h3-6,8,10-14,20H,2,7,9,15-16H2,1H3. The quantitative estimate of drug-likeness (QED) is 0.661. The number of benzene rings is 2. The Hall–Kier alpha value is -2.08. The number of hydrogen-bond donors (Lipinski definition) is 0. The average molecular weight is 300 g/mol. The smallest absolute Gasteiger partial charge is 0.0116 e. The first-order chi connectivity index (χ1) is 11.3. The highest BCUT2D eigenvalue weighted by molar-refractivity contribution is 5.72. The average Bonchev–Trinajstić information content (AvgIpc) is 3.05. The zero-order valence-corrected chi connectivity index (χ0v) is 13.9. The Balaban J connectivity index is 1.81. The van der Waals surface area contributed by atoms with Crippen molar-refractivity contribution >= 4 is 0 Å². The van der Waals surface area contributed by atoms with E-state index in [2.05, 4.69) is 67.6 Å². The fraction of sp³-hybridized carbons (Fsp3) is 0.304. The van der Waals surface area contributed by atoms with E-state index >= 15 is 0 Å². The lowest BCUT2D eigenvalue weighted by Crippen LogP contribution is -2.09. The number of allylic oxidation sites excluding steroid dienone is 4. The lowest BCUT2D eigenvalue weighted by Gasteiger charge is -2.17. The Labute approximate surface area is 139 Å². The van der Waals surface area contributed by atoms with Gasteiger partial charge < -0.3 is 0 Å². The largest absolute Gasteiger partial charge is 0.0805 e. The molecule has 23 heavy (non-hydrogen) atoms. The van der Waals surface area contributed by atoms with Crippen LogP contribution in [0.3, 0.4) is 0 Å². The van der Waals surface area contributed by atoms with Gasteiger partial charge in [-0.15, -0.1) is 0 Å². The maximum Gasteiger partial charge on any atom is -0.0116 e. The monoisotopic (exact) mass is 300 g/mol. The minimum absolute atomic E-state index is 0.643. The fourth-order valence-electron chi connectivity index (χ4n) is 4.12. The topological polar surface area (TPSA) is 0 Å². The summed E-state index contributed by atoms with van der Waals surface area (Å²) in [6, 6.07) is 16.2. The molecule has 2 aliphatic rings. The first-order valence-electron chi connectivity index (χ1n) is 8.91. The molecule has 0 bridgehead atoms. The van der Waals surface area contributed by atoms with E-state index in [4.69, 9.17) is 0 Å². The van der Waals surface area contributed by atoms with E-state index in [9.17, 15) is 0 Å². The highest BCUT2D eigenvalue weighted by atomic mass is 14.3. The van der Waals surface area contributed by atoms with Crippen LogP contribution in [0.1, 0.15) is 36.5 Å². The highest BCUT2D eigenvalue weighted by Crippen LogP contribution is 2.38. The van der Waals surface area contributed by atoms with Crippen LogP contribution in [-0.2, 0) is 19.3 Å². The van der Waals surface area contributed by atoms with Crippen LogP contribution in [0.4, 0.5) is 0 Å². The van der Waals surface area contributed by atoms with Crippen LogP contribution in [0, 0.1) is 5.92 Å². The maximum absolute atomic E-state index is 2.47. The molecule has 2 aromatic rings. The van der Waals surface area contributed by atoms with Gasteiger partial charge in [-0.25, -0.2) is 0 Å². The summed E-state index contributed by atoms with van der Waals surface area (Å²) in [6.45, 7) is 2.26. The Kier molecular flexibility index (Phi) is 3.91. The van der Waals surface area contributed by atoms with Gasteiger partial charge in [0, 0.05) is 0 Å². The number of aryl methyl sites for hydroxylation is 1. The van der Waals surface area contributed by atoms with Crippen LogP contribution >= 0.6 is 0 Å². The molecule has 0 aromatic heterocycles. The summed E-state index contributed by atoms with van der Waals surface area (Å²) < 4.78 is 0. The minimum atomic E-state index is 0.643. The maximum atomic E-state index is 2.47. The van der Waals surface area contributed by atoms with Gasteiger partial charge in [0.15, 0.2) is 0 Å². The van der Waals surface area contributed by atoms with Gasteiger partial charge in [-0.2, -0.15) is 0 Å². The Morgan fingerprint density at radius 1 is 0.957 bits per heavy atom. The van der Waals surface area contributed by atoms with Crippen LogP contribution in [0.15, 0.2) is 66.3 Å². The fourth-order valence-corrected chi connectivity index (χ4v) is 4.12. The molecule has 0 N–H and O–H groups in total. The van der Waals surface area contributed by atoms with Crippen molar-refractivity contribution in [2.45, 2.75) is 39.0 Å². The predicted molar refractivity (Wildman–Crippen MR) is 98.6 cm³/mol. The second-order valence-electron chi connectivity index (χ2n) is 6.88. The van der Waals surface area contributed by atoms with Crippen molar-refractivity contribution in [3.63, 3.8) is 0 Å². The molecule has 0 amide bonds. The van der Waals surface area contributed by atoms with Crippen molar-refractivity contribution in [3.8, 4) is 11.1 Å². The van der Waals surface area contributed by atoms with Crippen molar-refractivity contribution in [3.05, 3.63) is 83.0 Å². The minimum Gasteiger partial charge on any atom is -0.0805 e. The third-order valence-electron chi connectivity index (χ3n) is 5.27. The predicted octanol–water partition coefficient (Wildman–Crippen LogP) is 5.91. The Morgan fingerprint density at radius 3 is 2.61 bits per heavy atom. The molecule has 0 aliphatic heterocycles. The first-order valence-corrected chi connectivity index (χ1v) is 8.91. The summed E-state index contributed by atoms with van der Waals surface area (Å²) in [4.78, 5) is 0. The second kappa shape index (κ2) is 6.20. The van der Waals surface area contributed by atoms with Crippen LogP contribution in [0.2, 0.25) is 0 Å². The molecule has 0 nitrogen and oxygen atoms in total. The summed E-state index contributed by atoms with van der Waals surface area (Å²) in [5.74, 6) is 0.643. The van der Waals surface area contributed by atoms with E-state index in [1.807, 2.05) is 0 Å². The molecule has 2 aliphatic carbocycles. The SMILES string of the molecule is CCCc1ccc2c(c1)CC(C1=CC=CC1)Cc1ccccc1-2. The van der Waals surface area contributed by atoms with Gasteiger partial charge in [0.1, 0.15) is 0 Å². The molecule has 2 aromatic carbocycles. The third kappa shape index (κ3) is 2.79. The highest BCUT2D eigenvalue weighted by Gasteiger charge is 2.23. The molecular weight excluding hydrogens is 276 g/mol. The van der Waals surface area contributed by atoms with Crippen molar-refractivity contribution in [1.82, 2.24) is 0 Å². The number of fused-ring (bicyclic) bond motifs is 3. The summed E-state index contributed by atoms with van der Waals surface area (Å²) in [5.41, 5.74) is 9.04. The molecule has 0 saturated heterocycles. The summed E-state index contributed by atoms with van der Waals surface area (Å²) in [5, 5.41) is 0. The molecule has 0 heterocycles. The molecule has 1 atom stereocenters. The third-order valence-corrected chi connectivity index (χ3v) is 5.27. The van der Waals surface area contributed by atoms with Crippen LogP contribution in [-0.4, -0.2) is 0 Å². The Morgan fingerprint density at radius 2 is 1.78 bits per heavy atom. The van der Waals surface area contributed by atoms with Gasteiger partial charge in [-0.3, -0.25) is 0 Å². The molecule has 1 unspecified atom stereocenters. The van der Waals surface area contributed by atoms with Crippen molar-refractivity contribution in [2.24, 2.45) is 5.92 Å². The normalized spacial score (nSPS) is 19.0. The number of hydrogen-bond acceptors (Lipinski definition) is 0. The van der Waals surface area contributed by atoms with E-state index in [1.165, 1.54) is 47.9 Å². The summed E-state index contributed by atoms with van der Waals surface area (Å²) in [6.07, 6.45) is 12.7. The van der Waals surface area contributed by atoms with Gasteiger partial charge in [0.2, 0.25) is 0 Å².